The zero-order valence-corrected chi connectivity index (χ0v) is 9.55. The molecule has 1 heterocycles. The SMILES string of the molecule is CC1CC1CNc1ccc(C(N)=S)nc1. The molecule has 0 radical (unpaired) electrons. The van der Waals surface area contributed by atoms with Crippen LogP contribution >= 0.6 is 12.2 Å². The maximum absolute atomic E-state index is 5.46. The van der Waals surface area contributed by atoms with Crippen LogP contribution in [0.15, 0.2) is 18.3 Å². The molecule has 0 spiro atoms. The van der Waals surface area contributed by atoms with Crippen LogP contribution < -0.4 is 11.1 Å². The van der Waals surface area contributed by atoms with Crippen molar-refractivity contribution in [1.82, 2.24) is 4.98 Å². The Morgan fingerprint density at radius 2 is 2.40 bits per heavy atom. The van der Waals surface area contributed by atoms with E-state index >= 15 is 0 Å². The van der Waals surface area contributed by atoms with Gasteiger partial charge in [0.1, 0.15) is 4.99 Å². The molecule has 0 bridgehead atoms. The van der Waals surface area contributed by atoms with E-state index in [-0.39, 0.29) is 0 Å². The van der Waals surface area contributed by atoms with E-state index < -0.39 is 0 Å². The van der Waals surface area contributed by atoms with Gasteiger partial charge in [-0.25, -0.2) is 0 Å². The van der Waals surface area contributed by atoms with Gasteiger partial charge in [0.25, 0.3) is 0 Å². The first-order valence-electron chi connectivity index (χ1n) is 5.16. The van der Waals surface area contributed by atoms with Gasteiger partial charge < -0.3 is 11.1 Å². The first-order chi connectivity index (χ1) is 7.16. The van der Waals surface area contributed by atoms with E-state index in [1.807, 2.05) is 12.1 Å². The normalized spacial score (nSPS) is 23.5. The van der Waals surface area contributed by atoms with Gasteiger partial charge in [0.15, 0.2) is 0 Å². The Balaban J connectivity index is 1.89. The molecular weight excluding hydrogens is 206 g/mol. The molecule has 2 rings (SSSR count). The van der Waals surface area contributed by atoms with Crippen LogP contribution in [0.2, 0.25) is 0 Å². The monoisotopic (exact) mass is 221 g/mol. The molecule has 1 aliphatic rings. The number of aromatic nitrogens is 1. The summed E-state index contributed by atoms with van der Waals surface area (Å²) in [6, 6.07) is 3.82. The van der Waals surface area contributed by atoms with Crippen LogP contribution in [-0.4, -0.2) is 16.5 Å². The second-order valence-corrected chi connectivity index (χ2v) is 4.59. The molecule has 1 aromatic rings. The van der Waals surface area contributed by atoms with Gasteiger partial charge in [-0.2, -0.15) is 0 Å². The summed E-state index contributed by atoms with van der Waals surface area (Å²) < 4.78 is 0. The Hall–Kier alpha value is -1.16. The van der Waals surface area contributed by atoms with E-state index in [1.165, 1.54) is 6.42 Å². The number of nitrogens with one attached hydrogen (secondary N) is 1. The second kappa shape index (κ2) is 4.14. The van der Waals surface area contributed by atoms with E-state index in [0.29, 0.717) is 10.7 Å². The number of nitrogens with two attached hydrogens (primary N) is 1. The number of pyridine rings is 1. The van der Waals surface area contributed by atoms with Gasteiger partial charge in [0.05, 0.1) is 17.6 Å². The molecule has 15 heavy (non-hydrogen) atoms. The highest BCUT2D eigenvalue weighted by Crippen LogP contribution is 2.37. The molecular formula is C11H15N3S. The number of rotatable bonds is 4. The molecule has 0 aromatic carbocycles. The first kappa shape index (κ1) is 10.4. The van der Waals surface area contributed by atoms with E-state index in [4.69, 9.17) is 18.0 Å². The Labute approximate surface area is 95.1 Å². The summed E-state index contributed by atoms with van der Waals surface area (Å²) in [5.74, 6) is 1.71. The summed E-state index contributed by atoms with van der Waals surface area (Å²) in [6.07, 6.45) is 3.12. The lowest BCUT2D eigenvalue weighted by atomic mass is 10.3. The number of nitrogens with zero attached hydrogens (tertiary/aromatic N) is 1. The second-order valence-electron chi connectivity index (χ2n) is 4.15. The van der Waals surface area contributed by atoms with Crippen molar-refractivity contribution < 1.29 is 0 Å². The Morgan fingerprint density at radius 1 is 1.67 bits per heavy atom. The zero-order valence-electron chi connectivity index (χ0n) is 8.73. The number of anilines is 1. The van der Waals surface area contributed by atoms with Gasteiger partial charge >= 0.3 is 0 Å². The van der Waals surface area contributed by atoms with Crippen LogP contribution in [0, 0.1) is 11.8 Å². The fourth-order valence-corrected chi connectivity index (χ4v) is 1.70. The molecule has 3 nitrogen and oxygen atoms in total. The van der Waals surface area contributed by atoms with E-state index in [9.17, 15) is 0 Å². The summed E-state index contributed by atoms with van der Waals surface area (Å²) in [5.41, 5.74) is 7.18. The lowest BCUT2D eigenvalue weighted by Crippen LogP contribution is -2.12. The van der Waals surface area contributed by atoms with Crippen LogP contribution in [0.1, 0.15) is 19.0 Å². The maximum Gasteiger partial charge on any atom is 0.122 e. The predicted molar refractivity (Wildman–Crippen MR) is 65.9 cm³/mol. The van der Waals surface area contributed by atoms with Crippen molar-refractivity contribution in [2.75, 3.05) is 11.9 Å². The summed E-state index contributed by atoms with van der Waals surface area (Å²) in [7, 11) is 0. The largest absolute Gasteiger partial charge is 0.388 e. The molecule has 1 fully saturated rings. The van der Waals surface area contributed by atoms with Crippen LogP contribution in [-0.2, 0) is 0 Å². The lowest BCUT2D eigenvalue weighted by Gasteiger charge is -2.05. The predicted octanol–water partition coefficient (Wildman–Crippen LogP) is 1.78. The summed E-state index contributed by atoms with van der Waals surface area (Å²) in [4.78, 5) is 4.51. The number of hydrogen-bond acceptors (Lipinski definition) is 3. The van der Waals surface area contributed by atoms with E-state index in [0.717, 1.165) is 24.1 Å². The van der Waals surface area contributed by atoms with Crippen molar-refractivity contribution in [3.63, 3.8) is 0 Å². The standard InChI is InChI=1S/C11H15N3S/c1-7-4-8(7)5-13-9-2-3-10(11(12)15)14-6-9/h2-3,6-8,13H,4-5H2,1H3,(H2,12,15). The van der Waals surface area contributed by atoms with E-state index in [1.54, 1.807) is 6.20 Å². The third-order valence-corrected chi connectivity index (χ3v) is 3.07. The Kier molecular flexibility index (Phi) is 2.86. The minimum Gasteiger partial charge on any atom is -0.388 e. The van der Waals surface area contributed by atoms with Gasteiger partial charge in [0.2, 0.25) is 0 Å². The zero-order chi connectivity index (χ0) is 10.8. The molecule has 1 aromatic heterocycles. The summed E-state index contributed by atoms with van der Waals surface area (Å²) in [5, 5.41) is 3.36. The smallest absolute Gasteiger partial charge is 0.122 e. The topological polar surface area (TPSA) is 50.9 Å². The highest BCUT2D eigenvalue weighted by atomic mass is 32.1. The van der Waals surface area contributed by atoms with Crippen molar-refractivity contribution in [3.8, 4) is 0 Å². The van der Waals surface area contributed by atoms with Gasteiger partial charge in [-0.3, -0.25) is 4.98 Å². The van der Waals surface area contributed by atoms with Crippen LogP contribution in [0.4, 0.5) is 5.69 Å². The van der Waals surface area contributed by atoms with Gasteiger partial charge in [-0.05, 0) is 30.4 Å². The Morgan fingerprint density at radius 3 is 2.87 bits per heavy atom. The van der Waals surface area contributed by atoms with E-state index in [2.05, 4.69) is 17.2 Å². The van der Waals surface area contributed by atoms with Crippen molar-refractivity contribution >= 4 is 22.9 Å². The first-order valence-corrected chi connectivity index (χ1v) is 5.57. The van der Waals surface area contributed by atoms with Crippen molar-refractivity contribution in [1.29, 1.82) is 0 Å². The highest BCUT2D eigenvalue weighted by molar-refractivity contribution is 7.80. The number of thiocarbonyl (C=S) groups is 1. The van der Waals surface area contributed by atoms with Crippen molar-refractivity contribution in [2.24, 2.45) is 17.6 Å². The maximum atomic E-state index is 5.46. The van der Waals surface area contributed by atoms with Gasteiger partial charge in [-0.1, -0.05) is 19.1 Å². The quantitative estimate of drug-likeness (QED) is 0.761. The average molecular weight is 221 g/mol. The van der Waals surface area contributed by atoms with Gasteiger partial charge in [-0.15, -0.1) is 0 Å². The number of hydrogen-bond donors (Lipinski definition) is 2. The highest BCUT2D eigenvalue weighted by Gasteiger charge is 2.31. The molecule has 2 unspecified atom stereocenters. The molecule has 0 saturated heterocycles. The fraction of sp³-hybridized carbons (Fsp3) is 0.455. The molecule has 3 N–H and O–H groups in total. The molecule has 80 valence electrons. The van der Waals surface area contributed by atoms with Crippen LogP contribution in [0.25, 0.3) is 0 Å². The molecule has 0 aliphatic heterocycles. The molecule has 1 aliphatic carbocycles. The van der Waals surface area contributed by atoms with Crippen LogP contribution in [0.5, 0.6) is 0 Å². The van der Waals surface area contributed by atoms with Gasteiger partial charge in [0, 0.05) is 6.54 Å². The third-order valence-electron chi connectivity index (χ3n) is 2.86. The summed E-state index contributed by atoms with van der Waals surface area (Å²) in [6.45, 7) is 3.32. The molecule has 4 heteroatoms. The van der Waals surface area contributed by atoms with Crippen molar-refractivity contribution in [2.45, 2.75) is 13.3 Å². The average Bonchev–Trinajstić information content (AvgIpc) is 2.92. The molecule has 2 atom stereocenters. The summed E-state index contributed by atoms with van der Waals surface area (Å²) >= 11 is 4.83. The minimum atomic E-state index is 0.345. The van der Waals surface area contributed by atoms with Crippen LogP contribution in [0.3, 0.4) is 0 Å². The lowest BCUT2D eigenvalue weighted by molar-refractivity contribution is 0.787. The van der Waals surface area contributed by atoms with Crippen molar-refractivity contribution in [3.05, 3.63) is 24.0 Å². The fourth-order valence-electron chi connectivity index (χ4n) is 1.58. The molecule has 1 saturated carbocycles. The molecule has 0 amide bonds. The third kappa shape index (κ3) is 2.65. The minimum absolute atomic E-state index is 0.345. The Bertz CT molecular complexity index is 361.